The highest BCUT2D eigenvalue weighted by molar-refractivity contribution is 5.92. The molecule has 3 N–H and O–H groups in total. The van der Waals surface area contributed by atoms with E-state index < -0.39 is 0 Å². The standard InChI is InChI=1S/C12H16FN3O.ClH/c13-9-2-1-3-11(6-9)15-12(17)8-16-5-4-10(14)7-16;/h1-3,6,10H,4-5,7-8,14H2,(H,15,17);1H/t10-;/m1./s1. The minimum atomic E-state index is -0.356. The third-order valence-corrected chi connectivity index (χ3v) is 2.78. The van der Waals surface area contributed by atoms with Gasteiger partial charge in [-0.1, -0.05) is 6.07 Å². The van der Waals surface area contributed by atoms with Crippen LogP contribution in [0.2, 0.25) is 0 Å². The Morgan fingerprint density at radius 1 is 1.56 bits per heavy atom. The summed E-state index contributed by atoms with van der Waals surface area (Å²) in [5.41, 5.74) is 6.24. The van der Waals surface area contributed by atoms with Crippen molar-refractivity contribution < 1.29 is 9.18 Å². The maximum atomic E-state index is 12.9. The summed E-state index contributed by atoms with van der Waals surface area (Å²) in [5.74, 6) is -0.490. The molecule has 0 unspecified atom stereocenters. The van der Waals surface area contributed by atoms with Gasteiger partial charge in [0.25, 0.3) is 0 Å². The molecule has 1 aromatic rings. The van der Waals surface area contributed by atoms with Gasteiger partial charge in [-0.25, -0.2) is 4.39 Å². The molecule has 1 atom stereocenters. The van der Waals surface area contributed by atoms with Gasteiger partial charge >= 0.3 is 0 Å². The molecule has 0 aromatic heterocycles. The van der Waals surface area contributed by atoms with E-state index in [1.165, 1.54) is 12.1 Å². The van der Waals surface area contributed by atoms with Crippen molar-refractivity contribution in [2.24, 2.45) is 5.73 Å². The average Bonchev–Trinajstić information content (AvgIpc) is 2.63. The number of carbonyl (C=O) groups is 1. The molecule has 1 aliphatic heterocycles. The zero-order valence-corrected chi connectivity index (χ0v) is 10.8. The molecule has 1 aliphatic rings. The van der Waals surface area contributed by atoms with E-state index in [0.717, 1.165) is 19.5 Å². The molecule has 0 saturated carbocycles. The van der Waals surface area contributed by atoms with Crippen LogP contribution in [0.4, 0.5) is 10.1 Å². The number of halogens is 2. The Balaban J connectivity index is 0.00000162. The largest absolute Gasteiger partial charge is 0.326 e. The highest BCUT2D eigenvalue weighted by Crippen LogP contribution is 2.10. The number of likely N-dealkylation sites (tertiary alicyclic amines) is 1. The van der Waals surface area contributed by atoms with E-state index in [2.05, 4.69) is 5.32 Å². The highest BCUT2D eigenvalue weighted by Gasteiger charge is 2.20. The van der Waals surface area contributed by atoms with Crippen molar-refractivity contribution >= 4 is 24.0 Å². The number of nitrogens with two attached hydrogens (primary N) is 1. The number of nitrogens with zero attached hydrogens (tertiary/aromatic N) is 1. The molecule has 100 valence electrons. The topological polar surface area (TPSA) is 58.4 Å². The lowest BCUT2D eigenvalue weighted by atomic mass is 10.3. The van der Waals surface area contributed by atoms with E-state index in [9.17, 15) is 9.18 Å². The molecule has 2 rings (SSSR count). The van der Waals surface area contributed by atoms with Gasteiger partial charge in [-0.05, 0) is 24.6 Å². The Kier molecular flexibility index (Phi) is 5.53. The molecular weight excluding hydrogens is 257 g/mol. The van der Waals surface area contributed by atoms with Crippen molar-refractivity contribution in [1.82, 2.24) is 4.90 Å². The summed E-state index contributed by atoms with van der Waals surface area (Å²) in [6.07, 6.45) is 0.924. The first-order valence-electron chi connectivity index (χ1n) is 5.67. The van der Waals surface area contributed by atoms with Gasteiger partial charge in [-0.2, -0.15) is 0 Å². The third-order valence-electron chi connectivity index (χ3n) is 2.78. The fourth-order valence-corrected chi connectivity index (χ4v) is 1.98. The van der Waals surface area contributed by atoms with Gasteiger partial charge in [0.1, 0.15) is 5.82 Å². The zero-order valence-electron chi connectivity index (χ0n) is 9.93. The third kappa shape index (κ3) is 4.25. The Hall–Kier alpha value is -1.17. The number of amides is 1. The van der Waals surface area contributed by atoms with Crippen molar-refractivity contribution in [1.29, 1.82) is 0 Å². The highest BCUT2D eigenvalue weighted by atomic mass is 35.5. The van der Waals surface area contributed by atoms with Gasteiger partial charge < -0.3 is 11.1 Å². The van der Waals surface area contributed by atoms with Crippen LogP contribution < -0.4 is 11.1 Å². The number of anilines is 1. The van der Waals surface area contributed by atoms with Crippen LogP contribution in [0.3, 0.4) is 0 Å². The van der Waals surface area contributed by atoms with Crippen LogP contribution in [0, 0.1) is 5.82 Å². The van der Waals surface area contributed by atoms with Gasteiger partial charge in [0.05, 0.1) is 6.54 Å². The molecule has 4 nitrogen and oxygen atoms in total. The van der Waals surface area contributed by atoms with Crippen LogP contribution >= 0.6 is 12.4 Å². The first-order chi connectivity index (χ1) is 8.13. The second-order valence-electron chi connectivity index (χ2n) is 4.34. The van der Waals surface area contributed by atoms with Gasteiger partial charge in [0, 0.05) is 24.8 Å². The number of rotatable bonds is 3. The van der Waals surface area contributed by atoms with E-state index in [1.54, 1.807) is 12.1 Å². The molecule has 1 heterocycles. The van der Waals surface area contributed by atoms with Crippen molar-refractivity contribution in [3.8, 4) is 0 Å². The molecule has 6 heteroatoms. The van der Waals surface area contributed by atoms with Crippen molar-refractivity contribution in [3.05, 3.63) is 30.1 Å². The number of nitrogens with one attached hydrogen (secondary N) is 1. The normalized spacial score (nSPS) is 19.3. The lowest BCUT2D eigenvalue weighted by Gasteiger charge is -2.14. The number of benzene rings is 1. The van der Waals surface area contributed by atoms with Crippen molar-refractivity contribution in [2.75, 3.05) is 25.0 Å². The molecule has 1 saturated heterocycles. The average molecular weight is 274 g/mol. The smallest absolute Gasteiger partial charge is 0.238 e. The molecule has 1 aromatic carbocycles. The predicted octanol–water partition coefficient (Wildman–Crippen LogP) is 1.22. The van der Waals surface area contributed by atoms with Crippen LogP contribution in [0.15, 0.2) is 24.3 Å². The van der Waals surface area contributed by atoms with Crippen LogP contribution in [0.5, 0.6) is 0 Å². The van der Waals surface area contributed by atoms with Crippen molar-refractivity contribution in [2.45, 2.75) is 12.5 Å². The van der Waals surface area contributed by atoms with E-state index in [-0.39, 0.29) is 30.2 Å². The Morgan fingerprint density at radius 3 is 2.94 bits per heavy atom. The lowest BCUT2D eigenvalue weighted by molar-refractivity contribution is -0.117. The molecule has 0 radical (unpaired) electrons. The summed E-state index contributed by atoms with van der Waals surface area (Å²) in [4.78, 5) is 13.7. The van der Waals surface area contributed by atoms with Gasteiger partial charge in [-0.15, -0.1) is 12.4 Å². The van der Waals surface area contributed by atoms with Gasteiger partial charge in [-0.3, -0.25) is 9.69 Å². The summed E-state index contributed by atoms with van der Waals surface area (Å²) in [6.45, 7) is 1.90. The van der Waals surface area contributed by atoms with Crippen LogP contribution in [0.25, 0.3) is 0 Å². The Bertz CT molecular complexity index is 416. The van der Waals surface area contributed by atoms with Gasteiger partial charge in [0.15, 0.2) is 0 Å². The zero-order chi connectivity index (χ0) is 12.3. The molecule has 0 bridgehead atoms. The SMILES string of the molecule is Cl.N[C@@H]1CCN(CC(=O)Nc2cccc(F)c2)C1. The van der Waals surface area contributed by atoms with Crippen LogP contribution in [-0.4, -0.2) is 36.5 Å². The summed E-state index contributed by atoms with van der Waals surface area (Å²) in [7, 11) is 0. The number of carbonyl (C=O) groups excluding carboxylic acids is 1. The fourth-order valence-electron chi connectivity index (χ4n) is 1.98. The van der Waals surface area contributed by atoms with E-state index >= 15 is 0 Å². The summed E-state index contributed by atoms with van der Waals surface area (Å²) < 4.78 is 12.9. The Labute approximate surface area is 112 Å². The second kappa shape index (κ2) is 6.68. The summed E-state index contributed by atoms with van der Waals surface area (Å²) in [5, 5.41) is 2.66. The molecule has 0 spiro atoms. The molecule has 0 aliphatic carbocycles. The summed E-state index contributed by atoms with van der Waals surface area (Å²) in [6, 6.07) is 6.04. The van der Waals surface area contributed by atoms with E-state index in [4.69, 9.17) is 5.73 Å². The minimum Gasteiger partial charge on any atom is -0.326 e. The molecule has 1 amide bonds. The molecule has 1 fully saturated rings. The van der Waals surface area contributed by atoms with Crippen LogP contribution in [0.1, 0.15) is 6.42 Å². The summed E-state index contributed by atoms with van der Waals surface area (Å²) >= 11 is 0. The van der Waals surface area contributed by atoms with E-state index in [0.29, 0.717) is 12.2 Å². The first-order valence-corrected chi connectivity index (χ1v) is 5.67. The fraction of sp³-hybridized carbons (Fsp3) is 0.417. The first kappa shape index (κ1) is 14.9. The minimum absolute atomic E-state index is 0. The van der Waals surface area contributed by atoms with Crippen LogP contribution in [-0.2, 0) is 4.79 Å². The van der Waals surface area contributed by atoms with Gasteiger partial charge in [0.2, 0.25) is 5.91 Å². The number of hydrogen-bond donors (Lipinski definition) is 2. The second-order valence-corrected chi connectivity index (χ2v) is 4.34. The molecular formula is C12H17ClFN3O. The monoisotopic (exact) mass is 273 g/mol. The maximum absolute atomic E-state index is 12.9. The molecule has 18 heavy (non-hydrogen) atoms. The quantitative estimate of drug-likeness (QED) is 0.871. The number of hydrogen-bond acceptors (Lipinski definition) is 3. The predicted molar refractivity (Wildman–Crippen MR) is 71.3 cm³/mol. The van der Waals surface area contributed by atoms with Crippen molar-refractivity contribution in [3.63, 3.8) is 0 Å². The lowest BCUT2D eigenvalue weighted by Crippen LogP contribution is -2.33. The Morgan fingerprint density at radius 2 is 2.33 bits per heavy atom. The van der Waals surface area contributed by atoms with E-state index in [1.807, 2.05) is 4.90 Å². The maximum Gasteiger partial charge on any atom is 0.238 e.